The third-order valence-corrected chi connectivity index (χ3v) is 4.43. The maximum atomic E-state index is 13.3. The van der Waals surface area contributed by atoms with Gasteiger partial charge in [0, 0.05) is 12.1 Å². The van der Waals surface area contributed by atoms with E-state index in [1.807, 2.05) is 0 Å². The fraction of sp³-hybridized carbons (Fsp3) is 0.0909. The van der Waals surface area contributed by atoms with Gasteiger partial charge in [0.05, 0.1) is 11.8 Å². The quantitative estimate of drug-likeness (QED) is 0.508. The molecule has 29 heavy (non-hydrogen) atoms. The first-order valence-electron chi connectivity index (χ1n) is 8.92. The Hall–Kier alpha value is -3.74. The number of hydrogen-bond acceptors (Lipinski definition) is 4. The molecule has 0 unspecified atom stereocenters. The molecule has 0 fully saturated rings. The van der Waals surface area contributed by atoms with Crippen molar-refractivity contribution in [1.29, 1.82) is 0 Å². The molecule has 0 atom stereocenters. The summed E-state index contributed by atoms with van der Waals surface area (Å²) >= 11 is 0. The van der Waals surface area contributed by atoms with Crippen LogP contribution in [-0.2, 0) is 6.42 Å². The van der Waals surface area contributed by atoms with Crippen molar-refractivity contribution in [2.45, 2.75) is 6.42 Å². The van der Waals surface area contributed by atoms with Crippen molar-refractivity contribution < 1.29 is 22.5 Å². The van der Waals surface area contributed by atoms with Crippen molar-refractivity contribution >= 4 is 5.91 Å². The van der Waals surface area contributed by atoms with Gasteiger partial charge in [-0.1, -0.05) is 17.3 Å². The van der Waals surface area contributed by atoms with Crippen LogP contribution in [0, 0.1) is 11.6 Å². The minimum Gasteiger partial charge on any atom is -0.472 e. The molecule has 0 aliphatic heterocycles. The summed E-state index contributed by atoms with van der Waals surface area (Å²) in [5.74, 6) is -0.824. The zero-order valence-corrected chi connectivity index (χ0v) is 15.2. The van der Waals surface area contributed by atoms with E-state index in [1.54, 1.807) is 18.2 Å². The molecule has 2 aromatic heterocycles. The highest BCUT2D eigenvalue weighted by Gasteiger charge is 2.25. The van der Waals surface area contributed by atoms with Gasteiger partial charge in [-0.25, -0.2) is 8.78 Å². The second-order valence-corrected chi connectivity index (χ2v) is 6.39. The predicted octanol–water partition coefficient (Wildman–Crippen LogP) is 4.85. The van der Waals surface area contributed by atoms with Crippen LogP contribution in [0.3, 0.4) is 0 Å². The van der Waals surface area contributed by atoms with Gasteiger partial charge in [-0.15, -0.1) is 0 Å². The first kappa shape index (κ1) is 18.6. The van der Waals surface area contributed by atoms with Gasteiger partial charge in [0.2, 0.25) is 0 Å². The molecule has 146 valence electrons. The van der Waals surface area contributed by atoms with Crippen molar-refractivity contribution in [3.63, 3.8) is 0 Å². The fourth-order valence-corrected chi connectivity index (χ4v) is 2.96. The van der Waals surface area contributed by atoms with E-state index in [-0.39, 0.29) is 23.0 Å². The Morgan fingerprint density at radius 3 is 2.28 bits per heavy atom. The number of halogens is 2. The van der Waals surface area contributed by atoms with Crippen LogP contribution in [0.5, 0.6) is 0 Å². The number of nitrogens with zero attached hydrogens (tertiary/aromatic N) is 1. The van der Waals surface area contributed by atoms with Crippen molar-refractivity contribution in [1.82, 2.24) is 10.5 Å². The zero-order valence-electron chi connectivity index (χ0n) is 15.2. The maximum absolute atomic E-state index is 13.3. The van der Waals surface area contributed by atoms with E-state index < -0.39 is 5.82 Å². The summed E-state index contributed by atoms with van der Waals surface area (Å²) in [5, 5.41) is 6.86. The van der Waals surface area contributed by atoms with E-state index in [9.17, 15) is 13.6 Å². The van der Waals surface area contributed by atoms with Crippen molar-refractivity contribution in [3.8, 4) is 22.6 Å². The zero-order chi connectivity index (χ0) is 20.2. The van der Waals surface area contributed by atoms with Crippen molar-refractivity contribution in [2.75, 3.05) is 6.54 Å². The molecule has 4 rings (SSSR count). The van der Waals surface area contributed by atoms with Crippen LogP contribution in [0.2, 0.25) is 0 Å². The molecule has 1 N–H and O–H groups in total. The first-order chi connectivity index (χ1) is 14.1. The highest BCUT2D eigenvalue weighted by Crippen LogP contribution is 2.32. The summed E-state index contributed by atoms with van der Waals surface area (Å²) in [6.45, 7) is 0.337. The topological polar surface area (TPSA) is 68.3 Å². The van der Waals surface area contributed by atoms with Crippen LogP contribution in [0.25, 0.3) is 22.6 Å². The Bertz CT molecular complexity index is 1100. The lowest BCUT2D eigenvalue weighted by Crippen LogP contribution is -2.26. The lowest BCUT2D eigenvalue weighted by molar-refractivity contribution is 0.0955. The molecule has 2 aromatic carbocycles. The van der Waals surface area contributed by atoms with Gasteiger partial charge in [0.1, 0.15) is 29.2 Å². The highest BCUT2D eigenvalue weighted by atomic mass is 19.1. The molecule has 0 aliphatic rings. The second-order valence-electron chi connectivity index (χ2n) is 6.39. The van der Waals surface area contributed by atoms with Crippen LogP contribution in [0.1, 0.15) is 15.9 Å². The summed E-state index contributed by atoms with van der Waals surface area (Å²) in [6.07, 6.45) is 3.44. The van der Waals surface area contributed by atoms with E-state index in [2.05, 4.69) is 10.5 Å². The summed E-state index contributed by atoms with van der Waals surface area (Å²) < 4.78 is 36.8. The molecule has 1 amide bonds. The normalized spacial score (nSPS) is 10.8. The van der Waals surface area contributed by atoms with Gasteiger partial charge in [-0.3, -0.25) is 4.79 Å². The Labute approximate surface area is 164 Å². The van der Waals surface area contributed by atoms with Gasteiger partial charge in [-0.2, -0.15) is 0 Å². The number of nitrogens with one attached hydrogen (secondary N) is 1. The summed E-state index contributed by atoms with van der Waals surface area (Å²) in [5.41, 5.74) is 2.55. The lowest BCUT2D eigenvalue weighted by atomic mass is 10.0. The van der Waals surface area contributed by atoms with Crippen molar-refractivity contribution in [3.05, 3.63) is 89.9 Å². The Kier molecular flexibility index (Phi) is 5.20. The predicted molar refractivity (Wildman–Crippen MR) is 102 cm³/mol. The monoisotopic (exact) mass is 394 g/mol. The largest absolute Gasteiger partial charge is 0.472 e. The molecular weight excluding hydrogens is 378 g/mol. The fourth-order valence-electron chi connectivity index (χ4n) is 2.96. The van der Waals surface area contributed by atoms with Gasteiger partial charge in [-0.05, 0) is 54.4 Å². The minimum atomic E-state index is -0.391. The summed E-state index contributed by atoms with van der Waals surface area (Å²) in [7, 11) is 0. The SMILES string of the molecule is O=C(NCCc1ccc(F)cc1)c1c(-c2ccc(F)cc2)noc1-c1ccoc1. The Balaban J connectivity index is 1.59. The molecule has 2 heterocycles. The van der Waals surface area contributed by atoms with E-state index >= 15 is 0 Å². The van der Waals surface area contributed by atoms with Crippen LogP contribution < -0.4 is 5.32 Å². The second kappa shape index (κ2) is 8.10. The molecule has 0 radical (unpaired) electrons. The number of carbonyl (C=O) groups excluding carboxylic acids is 1. The molecule has 0 spiro atoms. The van der Waals surface area contributed by atoms with Gasteiger partial charge in [0.25, 0.3) is 5.91 Å². The third kappa shape index (κ3) is 4.08. The number of furan rings is 1. The van der Waals surface area contributed by atoms with Gasteiger partial charge < -0.3 is 14.3 Å². The number of rotatable bonds is 6. The summed E-state index contributed by atoms with van der Waals surface area (Å²) in [6, 6.07) is 13.4. The molecule has 4 aromatic rings. The van der Waals surface area contributed by atoms with Gasteiger partial charge >= 0.3 is 0 Å². The minimum absolute atomic E-state index is 0.233. The average molecular weight is 394 g/mol. The maximum Gasteiger partial charge on any atom is 0.257 e. The standard InChI is InChI=1S/C22H16F2N2O3/c23-17-5-1-14(2-6-17)9-11-25-22(27)19-20(15-3-7-18(24)8-4-15)26-29-21(19)16-10-12-28-13-16/h1-8,10,12-13H,9,11H2,(H,25,27). The summed E-state index contributed by atoms with van der Waals surface area (Å²) in [4.78, 5) is 13.0. The van der Waals surface area contributed by atoms with Crippen LogP contribution in [0.15, 0.2) is 76.1 Å². The molecule has 5 nitrogen and oxygen atoms in total. The molecule has 0 saturated carbocycles. The van der Waals surface area contributed by atoms with Crippen LogP contribution >= 0.6 is 0 Å². The lowest BCUT2D eigenvalue weighted by Gasteiger charge is -2.07. The molecular formula is C22H16F2N2O3. The Morgan fingerprint density at radius 1 is 0.931 bits per heavy atom. The smallest absolute Gasteiger partial charge is 0.257 e. The van der Waals surface area contributed by atoms with Crippen LogP contribution in [-0.4, -0.2) is 17.6 Å². The number of amides is 1. The number of aromatic nitrogens is 1. The van der Waals surface area contributed by atoms with Crippen LogP contribution in [0.4, 0.5) is 8.78 Å². The number of carbonyl (C=O) groups is 1. The van der Waals surface area contributed by atoms with E-state index in [4.69, 9.17) is 8.94 Å². The Morgan fingerprint density at radius 2 is 1.62 bits per heavy atom. The first-order valence-corrected chi connectivity index (χ1v) is 8.92. The molecule has 0 saturated heterocycles. The highest BCUT2D eigenvalue weighted by molar-refractivity contribution is 6.04. The third-order valence-electron chi connectivity index (χ3n) is 4.43. The van der Waals surface area contributed by atoms with E-state index in [0.29, 0.717) is 29.8 Å². The average Bonchev–Trinajstić information content (AvgIpc) is 3.39. The molecule has 0 bridgehead atoms. The van der Waals surface area contributed by atoms with E-state index in [1.165, 1.54) is 48.9 Å². The van der Waals surface area contributed by atoms with E-state index in [0.717, 1.165) is 5.56 Å². The number of benzene rings is 2. The number of hydrogen-bond donors (Lipinski definition) is 1. The molecule has 0 aliphatic carbocycles. The van der Waals surface area contributed by atoms with Gasteiger partial charge in [0.15, 0.2) is 5.76 Å². The van der Waals surface area contributed by atoms with Crippen molar-refractivity contribution in [2.24, 2.45) is 0 Å². The molecule has 7 heteroatoms.